The zero-order valence-corrected chi connectivity index (χ0v) is 18.0. The molecule has 7 heteroatoms. The summed E-state index contributed by atoms with van der Waals surface area (Å²) in [7, 11) is 3.27. The third-order valence-corrected chi connectivity index (χ3v) is 6.21. The van der Waals surface area contributed by atoms with Gasteiger partial charge in [-0.3, -0.25) is 9.59 Å². The standard InChI is InChI=1S/C24H28N2O5/c1-29-20-14-18-8-13-31-24(19(18)15-21(20)30-2)9-11-26(12-10-24)22(27)16-25-23(28)17-6-4-3-5-7-17/h3-7,14-15H,8-13,16H2,1-2H3,(H,25,28). The SMILES string of the molecule is COc1cc2c(cc1OC)C1(CCN(C(=O)CNC(=O)c3ccccc3)CC1)OCC2. The highest BCUT2D eigenvalue weighted by Crippen LogP contribution is 2.45. The summed E-state index contributed by atoms with van der Waals surface area (Å²) in [5.41, 5.74) is 2.46. The molecular formula is C24H28N2O5. The Bertz CT molecular complexity index is 952. The van der Waals surface area contributed by atoms with E-state index in [1.807, 2.05) is 18.2 Å². The Morgan fingerprint density at radius 3 is 2.42 bits per heavy atom. The second-order valence-electron chi connectivity index (χ2n) is 7.89. The zero-order valence-electron chi connectivity index (χ0n) is 18.0. The molecule has 2 aromatic carbocycles. The van der Waals surface area contributed by atoms with Crippen LogP contribution in [0.15, 0.2) is 42.5 Å². The fraction of sp³-hybridized carbons (Fsp3) is 0.417. The normalized spacial score (nSPS) is 17.0. The van der Waals surface area contributed by atoms with Gasteiger partial charge in [0, 0.05) is 18.7 Å². The van der Waals surface area contributed by atoms with E-state index >= 15 is 0 Å². The smallest absolute Gasteiger partial charge is 0.251 e. The second kappa shape index (κ2) is 8.98. The molecule has 2 amide bonds. The van der Waals surface area contributed by atoms with Crippen LogP contribution in [0.3, 0.4) is 0 Å². The summed E-state index contributed by atoms with van der Waals surface area (Å²) < 4.78 is 17.2. The number of ether oxygens (including phenoxy) is 3. The van der Waals surface area contributed by atoms with E-state index < -0.39 is 5.60 Å². The summed E-state index contributed by atoms with van der Waals surface area (Å²) >= 11 is 0. The molecule has 31 heavy (non-hydrogen) atoms. The number of fused-ring (bicyclic) bond motifs is 2. The Balaban J connectivity index is 1.41. The summed E-state index contributed by atoms with van der Waals surface area (Å²) in [5, 5.41) is 2.72. The number of likely N-dealkylation sites (tertiary alicyclic amines) is 1. The maximum Gasteiger partial charge on any atom is 0.251 e. The Hall–Kier alpha value is -3.06. The van der Waals surface area contributed by atoms with Crippen LogP contribution in [0.4, 0.5) is 0 Å². The van der Waals surface area contributed by atoms with E-state index in [-0.39, 0.29) is 18.4 Å². The van der Waals surface area contributed by atoms with Gasteiger partial charge in [0.2, 0.25) is 5.91 Å². The first kappa shape index (κ1) is 21.2. The van der Waals surface area contributed by atoms with Crippen LogP contribution in [-0.4, -0.2) is 57.2 Å². The molecule has 0 atom stereocenters. The van der Waals surface area contributed by atoms with Crippen LogP contribution >= 0.6 is 0 Å². The van der Waals surface area contributed by atoms with Gasteiger partial charge in [-0.05, 0) is 54.7 Å². The van der Waals surface area contributed by atoms with Crippen LogP contribution in [0, 0.1) is 0 Å². The van der Waals surface area contributed by atoms with Gasteiger partial charge in [0.25, 0.3) is 5.91 Å². The maximum absolute atomic E-state index is 12.7. The quantitative estimate of drug-likeness (QED) is 0.798. The van der Waals surface area contributed by atoms with E-state index in [0.717, 1.165) is 17.7 Å². The molecule has 164 valence electrons. The van der Waals surface area contributed by atoms with Crippen molar-refractivity contribution in [3.05, 3.63) is 59.2 Å². The molecule has 0 unspecified atom stereocenters. The molecule has 4 rings (SSSR count). The number of carbonyl (C=O) groups is 2. The van der Waals surface area contributed by atoms with Gasteiger partial charge >= 0.3 is 0 Å². The Kier molecular flexibility index (Phi) is 6.13. The van der Waals surface area contributed by atoms with Gasteiger partial charge in [0.1, 0.15) is 0 Å². The van der Waals surface area contributed by atoms with Crippen LogP contribution in [0.5, 0.6) is 11.5 Å². The number of rotatable bonds is 5. The van der Waals surface area contributed by atoms with E-state index in [2.05, 4.69) is 5.32 Å². The van der Waals surface area contributed by atoms with Gasteiger partial charge in [-0.1, -0.05) is 18.2 Å². The van der Waals surface area contributed by atoms with Crippen molar-refractivity contribution in [2.75, 3.05) is 40.5 Å². The van der Waals surface area contributed by atoms with Crippen LogP contribution in [0.2, 0.25) is 0 Å². The van der Waals surface area contributed by atoms with Crippen LogP contribution in [-0.2, 0) is 21.6 Å². The lowest BCUT2D eigenvalue weighted by atomic mass is 9.79. The predicted molar refractivity (Wildman–Crippen MR) is 115 cm³/mol. The Morgan fingerprint density at radius 1 is 1.06 bits per heavy atom. The van der Waals surface area contributed by atoms with Crippen molar-refractivity contribution in [2.24, 2.45) is 0 Å². The molecule has 0 bridgehead atoms. The molecule has 0 radical (unpaired) electrons. The summed E-state index contributed by atoms with van der Waals surface area (Å²) in [6.45, 7) is 1.79. The average Bonchev–Trinajstić information content (AvgIpc) is 2.82. The monoisotopic (exact) mass is 424 g/mol. The number of amides is 2. The van der Waals surface area contributed by atoms with Gasteiger partial charge in [0.15, 0.2) is 11.5 Å². The van der Waals surface area contributed by atoms with Gasteiger partial charge < -0.3 is 24.4 Å². The maximum atomic E-state index is 12.7. The van der Waals surface area contributed by atoms with Gasteiger partial charge in [-0.15, -0.1) is 0 Å². The molecular weight excluding hydrogens is 396 g/mol. The fourth-order valence-corrected chi connectivity index (χ4v) is 4.48. The fourth-order valence-electron chi connectivity index (χ4n) is 4.48. The minimum Gasteiger partial charge on any atom is -0.493 e. The average molecular weight is 424 g/mol. The minimum atomic E-state index is -0.419. The predicted octanol–water partition coefficient (Wildman–Crippen LogP) is 2.52. The Labute approximate surface area is 182 Å². The summed E-state index contributed by atoms with van der Waals surface area (Å²) in [4.78, 5) is 26.7. The summed E-state index contributed by atoms with van der Waals surface area (Å²) in [6.07, 6.45) is 2.23. The molecule has 7 nitrogen and oxygen atoms in total. The number of piperidine rings is 1. The van der Waals surface area contributed by atoms with E-state index in [1.54, 1.807) is 43.4 Å². The number of hydrogen-bond donors (Lipinski definition) is 1. The van der Waals surface area contributed by atoms with Gasteiger partial charge in [0.05, 0.1) is 33.0 Å². The van der Waals surface area contributed by atoms with Crippen LogP contribution in [0.25, 0.3) is 0 Å². The number of carbonyl (C=O) groups excluding carboxylic acids is 2. The first-order valence-electron chi connectivity index (χ1n) is 10.6. The lowest BCUT2D eigenvalue weighted by Gasteiger charge is -2.45. The topological polar surface area (TPSA) is 77.1 Å². The van der Waals surface area contributed by atoms with E-state index in [1.165, 1.54) is 5.56 Å². The van der Waals surface area contributed by atoms with Crippen molar-refractivity contribution in [1.82, 2.24) is 10.2 Å². The molecule has 2 aliphatic heterocycles. The summed E-state index contributed by atoms with van der Waals surface area (Å²) in [6, 6.07) is 13.0. The van der Waals surface area contributed by atoms with Gasteiger partial charge in [-0.25, -0.2) is 0 Å². The van der Waals surface area contributed by atoms with Crippen molar-refractivity contribution in [3.63, 3.8) is 0 Å². The first-order valence-corrected chi connectivity index (χ1v) is 10.6. The molecule has 0 saturated carbocycles. The molecule has 1 spiro atoms. The van der Waals surface area contributed by atoms with Crippen molar-refractivity contribution in [3.8, 4) is 11.5 Å². The number of nitrogens with zero attached hydrogens (tertiary/aromatic N) is 1. The molecule has 2 aromatic rings. The third-order valence-electron chi connectivity index (χ3n) is 6.21. The van der Waals surface area contributed by atoms with E-state index in [9.17, 15) is 9.59 Å². The number of methoxy groups -OCH3 is 2. The highest BCUT2D eigenvalue weighted by Gasteiger charge is 2.42. The second-order valence-corrected chi connectivity index (χ2v) is 7.89. The van der Waals surface area contributed by atoms with Crippen molar-refractivity contribution in [1.29, 1.82) is 0 Å². The molecule has 2 aliphatic rings. The highest BCUT2D eigenvalue weighted by atomic mass is 16.5. The molecule has 0 aromatic heterocycles. The van der Waals surface area contributed by atoms with Gasteiger partial charge in [-0.2, -0.15) is 0 Å². The zero-order chi connectivity index (χ0) is 21.8. The molecule has 0 aliphatic carbocycles. The molecule has 2 heterocycles. The summed E-state index contributed by atoms with van der Waals surface area (Å²) in [5.74, 6) is 1.09. The number of benzene rings is 2. The van der Waals surface area contributed by atoms with Crippen LogP contribution in [0.1, 0.15) is 34.3 Å². The van der Waals surface area contributed by atoms with E-state index in [0.29, 0.717) is 43.9 Å². The third kappa shape index (κ3) is 4.23. The lowest BCUT2D eigenvalue weighted by Crippen LogP contribution is -2.50. The molecule has 1 fully saturated rings. The highest BCUT2D eigenvalue weighted by molar-refractivity contribution is 5.96. The van der Waals surface area contributed by atoms with E-state index in [4.69, 9.17) is 14.2 Å². The van der Waals surface area contributed by atoms with Crippen LogP contribution < -0.4 is 14.8 Å². The number of nitrogens with one attached hydrogen (secondary N) is 1. The number of hydrogen-bond acceptors (Lipinski definition) is 5. The van der Waals surface area contributed by atoms with Crippen molar-refractivity contribution in [2.45, 2.75) is 24.9 Å². The van der Waals surface area contributed by atoms with Crippen molar-refractivity contribution < 1.29 is 23.8 Å². The molecule has 1 N–H and O–H groups in total. The Morgan fingerprint density at radius 2 is 1.74 bits per heavy atom. The minimum absolute atomic E-state index is 0.0107. The molecule has 1 saturated heterocycles. The largest absolute Gasteiger partial charge is 0.493 e. The van der Waals surface area contributed by atoms with Crippen molar-refractivity contribution >= 4 is 11.8 Å². The first-order chi connectivity index (χ1) is 15.1. The lowest BCUT2D eigenvalue weighted by molar-refractivity contribution is -0.139.